The van der Waals surface area contributed by atoms with E-state index in [9.17, 15) is 4.79 Å². The number of methoxy groups -OCH3 is 1. The number of Topliss-reactive ketones (excluding diaryl/α,β-unsaturated/α-hetero) is 1. The number of aryl methyl sites for hydroxylation is 1. The number of benzene rings is 1. The van der Waals surface area contributed by atoms with Crippen LogP contribution in [0.5, 0.6) is 11.5 Å². The highest BCUT2D eigenvalue weighted by Crippen LogP contribution is 2.23. The van der Waals surface area contributed by atoms with Crippen molar-refractivity contribution < 1.29 is 14.3 Å². The van der Waals surface area contributed by atoms with Crippen LogP contribution < -0.4 is 9.47 Å². The third-order valence-corrected chi connectivity index (χ3v) is 3.67. The summed E-state index contributed by atoms with van der Waals surface area (Å²) in [5.74, 6) is 0.894. The molecule has 0 aliphatic heterocycles. The standard InChI is InChI=1S/C15H13NO3S/c1-10-3-4-15(20-10)14(17)9-19-13-6-11(8-16)5-12(7-13)18-2/h3-7H,9H2,1-2H3. The van der Waals surface area contributed by atoms with E-state index in [0.29, 0.717) is 21.9 Å². The van der Waals surface area contributed by atoms with Gasteiger partial charge in [-0.3, -0.25) is 4.79 Å². The van der Waals surface area contributed by atoms with E-state index in [-0.39, 0.29) is 12.4 Å². The van der Waals surface area contributed by atoms with Crippen LogP contribution in [0, 0.1) is 18.3 Å². The zero-order valence-electron chi connectivity index (χ0n) is 11.2. The number of rotatable bonds is 5. The van der Waals surface area contributed by atoms with Gasteiger partial charge in [0, 0.05) is 10.9 Å². The Labute approximate surface area is 121 Å². The topological polar surface area (TPSA) is 59.3 Å². The van der Waals surface area contributed by atoms with Crippen LogP contribution >= 0.6 is 11.3 Å². The molecule has 0 saturated heterocycles. The van der Waals surface area contributed by atoms with Gasteiger partial charge in [0.15, 0.2) is 6.61 Å². The molecule has 0 fully saturated rings. The van der Waals surface area contributed by atoms with E-state index in [4.69, 9.17) is 14.7 Å². The van der Waals surface area contributed by atoms with Gasteiger partial charge in [-0.1, -0.05) is 0 Å². The second-order valence-electron chi connectivity index (χ2n) is 4.13. The fourth-order valence-electron chi connectivity index (χ4n) is 1.64. The van der Waals surface area contributed by atoms with Crippen LogP contribution in [0.25, 0.3) is 0 Å². The number of nitrogens with zero attached hydrogens (tertiary/aromatic N) is 1. The highest BCUT2D eigenvalue weighted by Gasteiger charge is 2.10. The van der Waals surface area contributed by atoms with Gasteiger partial charge in [-0.05, 0) is 31.2 Å². The second kappa shape index (κ2) is 6.22. The van der Waals surface area contributed by atoms with E-state index in [1.165, 1.54) is 18.4 Å². The van der Waals surface area contributed by atoms with Gasteiger partial charge < -0.3 is 9.47 Å². The van der Waals surface area contributed by atoms with Crippen molar-refractivity contribution in [2.75, 3.05) is 13.7 Å². The molecule has 1 heterocycles. The molecule has 0 bridgehead atoms. The van der Waals surface area contributed by atoms with Crippen molar-refractivity contribution in [3.8, 4) is 17.6 Å². The normalized spacial score (nSPS) is 9.85. The van der Waals surface area contributed by atoms with Crippen molar-refractivity contribution in [2.24, 2.45) is 0 Å². The lowest BCUT2D eigenvalue weighted by atomic mass is 10.2. The summed E-state index contributed by atoms with van der Waals surface area (Å²) in [5.41, 5.74) is 0.429. The smallest absolute Gasteiger partial charge is 0.210 e. The lowest BCUT2D eigenvalue weighted by molar-refractivity contribution is 0.0925. The molecule has 102 valence electrons. The number of carbonyl (C=O) groups excluding carboxylic acids is 1. The Morgan fingerprint density at radius 2 is 2.05 bits per heavy atom. The van der Waals surface area contributed by atoms with Crippen LogP contribution in [-0.4, -0.2) is 19.5 Å². The van der Waals surface area contributed by atoms with E-state index in [1.54, 1.807) is 24.3 Å². The summed E-state index contributed by atoms with van der Waals surface area (Å²) in [6, 6.07) is 10.5. The fourth-order valence-corrected chi connectivity index (χ4v) is 2.43. The first kappa shape index (κ1) is 14.1. The highest BCUT2D eigenvalue weighted by atomic mass is 32.1. The first-order chi connectivity index (χ1) is 9.62. The molecule has 0 saturated carbocycles. The summed E-state index contributed by atoms with van der Waals surface area (Å²) in [4.78, 5) is 13.7. The molecule has 2 rings (SSSR count). The van der Waals surface area contributed by atoms with Crippen LogP contribution in [0.3, 0.4) is 0 Å². The van der Waals surface area contributed by atoms with Crippen LogP contribution in [0.15, 0.2) is 30.3 Å². The maximum atomic E-state index is 11.9. The van der Waals surface area contributed by atoms with E-state index >= 15 is 0 Å². The van der Waals surface area contributed by atoms with Gasteiger partial charge in [0.25, 0.3) is 0 Å². The van der Waals surface area contributed by atoms with Crippen LogP contribution in [0.1, 0.15) is 20.1 Å². The Morgan fingerprint density at radius 1 is 1.30 bits per heavy atom. The van der Waals surface area contributed by atoms with Crippen LogP contribution in [0.2, 0.25) is 0 Å². The molecule has 5 heteroatoms. The number of thiophene rings is 1. The molecule has 1 aromatic carbocycles. The summed E-state index contributed by atoms with van der Waals surface area (Å²) in [6.07, 6.45) is 0. The van der Waals surface area contributed by atoms with Crippen molar-refractivity contribution in [3.63, 3.8) is 0 Å². The summed E-state index contributed by atoms with van der Waals surface area (Å²) in [6.45, 7) is 1.89. The third-order valence-electron chi connectivity index (χ3n) is 2.63. The van der Waals surface area contributed by atoms with E-state index < -0.39 is 0 Å². The quantitative estimate of drug-likeness (QED) is 0.792. The monoisotopic (exact) mass is 287 g/mol. The lowest BCUT2D eigenvalue weighted by Crippen LogP contribution is -2.10. The average molecular weight is 287 g/mol. The molecule has 0 amide bonds. The van der Waals surface area contributed by atoms with E-state index in [1.807, 2.05) is 19.1 Å². The Hall–Kier alpha value is -2.32. The highest BCUT2D eigenvalue weighted by molar-refractivity contribution is 7.14. The molecule has 0 unspecified atom stereocenters. The van der Waals surface area contributed by atoms with Crippen molar-refractivity contribution >= 4 is 17.1 Å². The molecule has 2 aromatic rings. The molecule has 0 aliphatic carbocycles. The molecule has 1 aromatic heterocycles. The minimum atomic E-state index is -0.0792. The van der Waals surface area contributed by atoms with Gasteiger partial charge in [0.1, 0.15) is 11.5 Å². The van der Waals surface area contributed by atoms with E-state index in [0.717, 1.165) is 4.88 Å². The molecule has 20 heavy (non-hydrogen) atoms. The van der Waals surface area contributed by atoms with Crippen molar-refractivity contribution in [1.29, 1.82) is 5.26 Å². The first-order valence-electron chi connectivity index (χ1n) is 5.94. The number of hydrogen-bond donors (Lipinski definition) is 0. The van der Waals surface area contributed by atoms with Crippen molar-refractivity contribution in [1.82, 2.24) is 0 Å². The number of ketones is 1. The third kappa shape index (κ3) is 3.37. The number of carbonyl (C=O) groups is 1. The minimum Gasteiger partial charge on any atom is -0.497 e. The Morgan fingerprint density at radius 3 is 2.65 bits per heavy atom. The Bertz CT molecular complexity index is 670. The van der Waals surface area contributed by atoms with Gasteiger partial charge in [0.2, 0.25) is 5.78 Å². The summed E-state index contributed by atoms with van der Waals surface area (Å²) in [7, 11) is 1.51. The molecule has 0 radical (unpaired) electrons. The maximum absolute atomic E-state index is 11.9. The average Bonchev–Trinajstić information content (AvgIpc) is 2.91. The van der Waals surface area contributed by atoms with Crippen LogP contribution in [-0.2, 0) is 0 Å². The fraction of sp³-hybridized carbons (Fsp3) is 0.200. The number of ether oxygens (including phenoxy) is 2. The zero-order valence-corrected chi connectivity index (χ0v) is 12.0. The Balaban J connectivity index is 2.07. The molecule has 0 spiro atoms. The predicted molar refractivity (Wildman–Crippen MR) is 76.6 cm³/mol. The maximum Gasteiger partial charge on any atom is 0.210 e. The second-order valence-corrected chi connectivity index (χ2v) is 5.42. The molecule has 0 N–H and O–H groups in total. The van der Waals surface area contributed by atoms with Gasteiger partial charge in [-0.2, -0.15) is 5.26 Å². The zero-order chi connectivity index (χ0) is 14.5. The summed E-state index contributed by atoms with van der Waals surface area (Å²) >= 11 is 1.44. The van der Waals surface area contributed by atoms with Crippen molar-refractivity contribution in [2.45, 2.75) is 6.92 Å². The van der Waals surface area contributed by atoms with Gasteiger partial charge in [-0.15, -0.1) is 11.3 Å². The van der Waals surface area contributed by atoms with Crippen molar-refractivity contribution in [3.05, 3.63) is 45.6 Å². The predicted octanol–water partition coefficient (Wildman–Crippen LogP) is 3.20. The van der Waals surface area contributed by atoms with Gasteiger partial charge in [0.05, 0.1) is 23.6 Å². The Kier molecular flexibility index (Phi) is 4.38. The molecule has 4 nitrogen and oxygen atoms in total. The number of nitriles is 1. The summed E-state index contributed by atoms with van der Waals surface area (Å²) in [5, 5.41) is 8.91. The molecular formula is C15H13NO3S. The lowest BCUT2D eigenvalue weighted by Gasteiger charge is -2.07. The number of hydrogen-bond acceptors (Lipinski definition) is 5. The molecular weight excluding hydrogens is 274 g/mol. The van der Waals surface area contributed by atoms with E-state index in [2.05, 4.69) is 0 Å². The van der Waals surface area contributed by atoms with Gasteiger partial charge in [-0.25, -0.2) is 0 Å². The van der Waals surface area contributed by atoms with Gasteiger partial charge >= 0.3 is 0 Å². The minimum absolute atomic E-state index is 0.0576. The SMILES string of the molecule is COc1cc(C#N)cc(OCC(=O)c2ccc(C)s2)c1. The van der Waals surface area contributed by atoms with Crippen LogP contribution in [0.4, 0.5) is 0 Å². The molecule has 0 aliphatic rings. The summed E-state index contributed by atoms with van der Waals surface area (Å²) < 4.78 is 10.5. The molecule has 0 atom stereocenters. The first-order valence-corrected chi connectivity index (χ1v) is 6.75. The largest absolute Gasteiger partial charge is 0.497 e.